The summed E-state index contributed by atoms with van der Waals surface area (Å²) in [6, 6.07) is 5.53. The number of hydrogen-bond donors (Lipinski definition) is 0. The van der Waals surface area contributed by atoms with Gasteiger partial charge in [0.1, 0.15) is 0 Å². The van der Waals surface area contributed by atoms with Gasteiger partial charge in [0.15, 0.2) is 0 Å². The molecule has 0 bridgehead atoms. The molecule has 0 saturated heterocycles. The number of Topliss-reactive ketones (excluding diaryl/α,β-unsaturated/α-hetero) is 1. The molecule has 4 nitrogen and oxygen atoms in total. The highest BCUT2D eigenvalue weighted by Gasteiger charge is 2.25. The van der Waals surface area contributed by atoms with Crippen molar-refractivity contribution in [2.75, 3.05) is 25.1 Å². The summed E-state index contributed by atoms with van der Waals surface area (Å²) in [6.45, 7) is 2.81. The molecule has 1 aliphatic rings. The standard InChI is InChI=1S/C14H17NO3/c1-3-18-14(17)13(16)11-8-4-6-10-7-5-9-15(2)12(10)11/h4,6,8H,3,5,7,9H2,1-2H3. The van der Waals surface area contributed by atoms with Crippen molar-refractivity contribution in [3.05, 3.63) is 29.3 Å². The van der Waals surface area contributed by atoms with E-state index in [0.29, 0.717) is 5.56 Å². The third-order valence-corrected chi connectivity index (χ3v) is 3.15. The fourth-order valence-corrected chi connectivity index (χ4v) is 2.35. The predicted octanol–water partition coefficient (Wildman–Crippen LogP) is 1.81. The Labute approximate surface area is 107 Å². The summed E-state index contributed by atoms with van der Waals surface area (Å²) >= 11 is 0. The molecular formula is C14H17NO3. The van der Waals surface area contributed by atoms with Gasteiger partial charge in [0, 0.05) is 13.6 Å². The Morgan fingerprint density at radius 1 is 1.39 bits per heavy atom. The zero-order valence-electron chi connectivity index (χ0n) is 10.7. The third-order valence-electron chi connectivity index (χ3n) is 3.15. The maximum absolute atomic E-state index is 12.1. The van der Waals surface area contributed by atoms with Crippen LogP contribution in [0.15, 0.2) is 18.2 Å². The van der Waals surface area contributed by atoms with E-state index in [-0.39, 0.29) is 6.61 Å². The van der Waals surface area contributed by atoms with E-state index in [1.54, 1.807) is 13.0 Å². The van der Waals surface area contributed by atoms with Crippen LogP contribution in [-0.4, -0.2) is 32.0 Å². The van der Waals surface area contributed by atoms with E-state index in [0.717, 1.165) is 30.6 Å². The van der Waals surface area contributed by atoms with Gasteiger partial charge in [-0.1, -0.05) is 12.1 Å². The number of carbonyl (C=O) groups excluding carboxylic acids is 2. The average Bonchev–Trinajstić information content (AvgIpc) is 2.38. The fourth-order valence-electron chi connectivity index (χ4n) is 2.35. The number of fused-ring (bicyclic) bond motifs is 1. The molecule has 0 atom stereocenters. The van der Waals surface area contributed by atoms with Gasteiger partial charge >= 0.3 is 5.97 Å². The van der Waals surface area contributed by atoms with Crippen LogP contribution in [0.4, 0.5) is 5.69 Å². The summed E-state index contributed by atoms with van der Waals surface area (Å²) in [5.41, 5.74) is 2.45. The van der Waals surface area contributed by atoms with Crippen LogP contribution in [0.2, 0.25) is 0 Å². The van der Waals surface area contributed by atoms with Crippen molar-refractivity contribution in [2.24, 2.45) is 0 Å². The van der Waals surface area contributed by atoms with Gasteiger partial charge in [-0.15, -0.1) is 0 Å². The molecule has 1 aliphatic heterocycles. The summed E-state index contributed by atoms with van der Waals surface area (Å²) in [7, 11) is 1.94. The lowest BCUT2D eigenvalue weighted by Crippen LogP contribution is -2.28. The molecule has 96 valence electrons. The van der Waals surface area contributed by atoms with Gasteiger partial charge in [0.2, 0.25) is 0 Å². The lowest BCUT2D eigenvalue weighted by Gasteiger charge is -2.29. The molecule has 0 aromatic heterocycles. The van der Waals surface area contributed by atoms with E-state index < -0.39 is 11.8 Å². The average molecular weight is 247 g/mol. The second kappa shape index (κ2) is 5.21. The number of hydrogen-bond acceptors (Lipinski definition) is 4. The molecule has 0 unspecified atom stereocenters. The number of benzene rings is 1. The summed E-state index contributed by atoms with van der Waals surface area (Å²) in [4.78, 5) is 25.6. The van der Waals surface area contributed by atoms with Crippen LogP contribution >= 0.6 is 0 Å². The second-order valence-corrected chi connectivity index (χ2v) is 4.39. The third kappa shape index (κ3) is 2.23. The van der Waals surface area contributed by atoms with Crippen molar-refractivity contribution < 1.29 is 14.3 Å². The van der Waals surface area contributed by atoms with E-state index in [4.69, 9.17) is 4.74 Å². The van der Waals surface area contributed by atoms with Crippen molar-refractivity contribution in [1.29, 1.82) is 0 Å². The first-order chi connectivity index (χ1) is 8.65. The zero-order chi connectivity index (χ0) is 13.1. The molecule has 1 aromatic carbocycles. The number of esters is 1. The van der Waals surface area contributed by atoms with Crippen molar-refractivity contribution in [3.8, 4) is 0 Å². The van der Waals surface area contributed by atoms with Crippen LogP contribution in [0.1, 0.15) is 29.3 Å². The van der Waals surface area contributed by atoms with Gasteiger partial charge in [-0.3, -0.25) is 4.79 Å². The minimum absolute atomic E-state index is 0.218. The Balaban J connectivity index is 2.39. The second-order valence-electron chi connectivity index (χ2n) is 4.39. The minimum Gasteiger partial charge on any atom is -0.460 e. The Kier molecular flexibility index (Phi) is 3.65. The molecule has 4 heteroatoms. The van der Waals surface area contributed by atoms with Gasteiger partial charge < -0.3 is 9.64 Å². The highest BCUT2D eigenvalue weighted by molar-refractivity contribution is 6.42. The van der Waals surface area contributed by atoms with E-state index in [2.05, 4.69) is 0 Å². The molecule has 0 N–H and O–H groups in total. The maximum atomic E-state index is 12.1. The molecule has 0 spiro atoms. The van der Waals surface area contributed by atoms with E-state index >= 15 is 0 Å². The van der Waals surface area contributed by atoms with Crippen LogP contribution in [0.25, 0.3) is 0 Å². The highest BCUT2D eigenvalue weighted by atomic mass is 16.5. The van der Waals surface area contributed by atoms with Gasteiger partial charge in [-0.05, 0) is 31.4 Å². The van der Waals surface area contributed by atoms with Gasteiger partial charge in [-0.2, -0.15) is 0 Å². The number of ether oxygens (including phenoxy) is 1. The Morgan fingerprint density at radius 3 is 2.89 bits per heavy atom. The van der Waals surface area contributed by atoms with E-state index in [9.17, 15) is 9.59 Å². The van der Waals surface area contributed by atoms with Crippen LogP contribution in [0.5, 0.6) is 0 Å². The first kappa shape index (κ1) is 12.6. The number of anilines is 1. The molecule has 0 fully saturated rings. The zero-order valence-corrected chi connectivity index (χ0v) is 10.7. The molecule has 18 heavy (non-hydrogen) atoms. The van der Waals surface area contributed by atoms with Crippen molar-refractivity contribution in [1.82, 2.24) is 0 Å². The summed E-state index contributed by atoms with van der Waals surface area (Å²) < 4.78 is 4.78. The monoisotopic (exact) mass is 247 g/mol. The number of aryl methyl sites for hydroxylation is 1. The molecule has 1 aromatic rings. The molecule has 0 radical (unpaired) electrons. The molecule has 2 rings (SSSR count). The van der Waals surface area contributed by atoms with Gasteiger partial charge in [0.25, 0.3) is 5.78 Å². The smallest absolute Gasteiger partial charge is 0.379 e. The summed E-state index contributed by atoms with van der Waals surface area (Å²) in [5, 5.41) is 0. The normalized spacial score (nSPS) is 14.0. The van der Waals surface area contributed by atoms with Crippen LogP contribution < -0.4 is 4.90 Å². The number of ketones is 1. The highest BCUT2D eigenvalue weighted by Crippen LogP contribution is 2.30. The lowest BCUT2D eigenvalue weighted by molar-refractivity contribution is -0.137. The Morgan fingerprint density at radius 2 is 2.17 bits per heavy atom. The van der Waals surface area contributed by atoms with Crippen molar-refractivity contribution in [2.45, 2.75) is 19.8 Å². The predicted molar refractivity (Wildman–Crippen MR) is 69.0 cm³/mol. The fraction of sp³-hybridized carbons (Fsp3) is 0.429. The van der Waals surface area contributed by atoms with Gasteiger partial charge in [0.05, 0.1) is 17.9 Å². The SMILES string of the molecule is CCOC(=O)C(=O)c1cccc2c1N(C)CCC2. The quantitative estimate of drug-likeness (QED) is 0.464. The van der Waals surface area contributed by atoms with Crippen LogP contribution in [0.3, 0.4) is 0 Å². The first-order valence-corrected chi connectivity index (χ1v) is 6.19. The Hall–Kier alpha value is -1.84. The first-order valence-electron chi connectivity index (χ1n) is 6.19. The lowest BCUT2D eigenvalue weighted by atomic mass is 9.96. The summed E-state index contributed by atoms with van der Waals surface area (Å²) in [5.74, 6) is -1.33. The number of nitrogens with zero attached hydrogens (tertiary/aromatic N) is 1. The van der Waals surface area contributed by atoms with Crippen LogP contribution in [0, 0.1) is 0 Å². The Bertz CT molecular complexity index is 482. The number of rotatable bonds is 3. The maximum Gasteiger partial charge on any atom is 0.379 e. The minimum atomic E-state index is -0.773. The molecule has 1 heterocycles. The molecule has 0 aliphatic carbocycles. The van der Waals surface area contributed by atoms with Crippen molar-refractivity contribution in [3.63, 3.8) is 0 Å². The van der Waals surface area contributed by atoms with E-state index in [1.807, 2.05) is 24.1 Å². The summed E-state index contributed by atoms with van der Waals surface area (Å²) in [6.07, 6.45) is 2.02. The topological polar surface area (TPSA) is 46.6 Å². The van der Waals surface area contributed by atoms with Crippen LogP contribution in [-0.2, 0) is 16.0 Å². The molecular weight excluding hydrogens is 230 g/mol. The van der Waals surface area contributed by atoms with Crippen molar-refractivity contribution >= 4 is 17.4 Å². The largest absolute Gasteiger partial charge is 0.460 e. The number of para-hydroxylation sites is 1. The van der Waals surface area contributed by atoms with E-state index in [1.165, 1.54) is 0 Å². The van der Waals surface area contributed by atoms with Gasteiger partial charge in [-0.25, -0.2) is 4.79 Å². The number of carbonyl (C=O) groups is 2. The molecule has 0 saturated carbocycles. The molecule has 0 amide bonds.